The Labute approximate surface area is 108 Å². The van der Waals surface area contributed by atoms with Gasteiger partial charge in [-0.05, 0) is 23.6 Å². The van der Waals surface area contributed by atoms with Gasteiger partial charge in [0.25, 0.3) is 0 Å². The lowest BCUT2D eigenvalue weighted by Crippen LogP contribution is -2.30. The zero-order chi connectivity index (χ0) is 13.4. The van der Waals surface area contributed by atoms with Crippen molar-refractivity contribution in [1.29, 1.82) is 0 Å². The smallest absolute Gasteiger partial charge is 0.246 e. The van der Waals surface area contributed by atoms with E-state index in [1.807, 2.05) is 12.1 Å². The molecule has 0 aliphatic carbocycles. The average molecular weight is 251 g/mol. The first-order valence-corrected chi connectivity index (χ1v) is 6.12. The Balaban J connectivity index is 2.25. The first kappa shape index (κ1) is 14.5. The Morgan fingerprint density at radius 3 is 2.50 bits per heavy atom. The standard InChI is InChI=1S/C14H21NO3/c1-11(2)12-4-6-13(7-5-12)18-9-8-15-14(16)10-17-3/h4-7,11H,8-10H2,1-3H3,(H,15,16). The number of hydrogen-bond donors (Lipinski definition) is 1. The van der Waals surface area contributed by atoms with Crippen molar-refractivity contribution in [3.8, 4) is 5.75 Å². The monoisotopic (exact) mass is 251 g/mol. The molecule has 0 bridgehead atoms. The van der Waals surface area contributed by atoms with Gasteiger partial charge >= 0.3 is 0 Å². The molecule has 1 N–H and O–H groups in total. The molecular weight excluding hydrogens is 230 g/mol. The predicted molar refractivity (Wildman–Crippen MR) is 70.9 cm³/mol. The molecule has 0 fully saturated rings. The molecule has 18 heavy (non-hydrogen) atoms. The van der Waals surface area contributed by atoms with Gasteiger partial charge in [0.1, 0.15) is 19.0 Å². The third-order valence-corrected chi connectivity index (χ3v) is 2.52. The molecule has 0 heterocycles. The molecule has 0 unspecified atom stereocenters. The summed E-state index contributed by atoms with van der Waals surface area (Å²) in [6.45, 7) is 5.33. The van der Waals surface area contributed by atoms with Crippen LogP contribution < -0.4 is 10.1 Å². The average Bonchev–Trinajstić information content (AvgIpc) is 2.35. The molecule has 100 valence electrons. The van der Waals surface area contributed by atoms with Gasteiger partial charge in [-0.25, -0.2) is 0 Å². The summed E-state index contributed by atoms with van der Waals surface area (Å²) in [4.78, 5) is 11.1. The van der Waals surface area contributed by atoms with Crippen LogP contribution >= 0.6 is 0 Å². The zero-order valence-electron chi connectivity index (χ0n) is 11.2. The van der Waals surface area contributed by atoms with Gasteiger partial charge < -0.3 is 14.8 Å². The fraction of sp³-hybridized carbons (Fsp3) is 0.500. The van der Waals surface area contributed by atoms with Crippen molar-refractivity contribution in [3.05, 3.63) is 29.8 Å². The minimum atomic E-state index is -0.128. The summed E-state index contributed by atoms with van der Waals surface area (Å²) in [6.07, 6.45) is 0. The number of nitrogens with one attached hydrogen (secondary N) is 1. The van der Waals surface area contributed by atoms with Gasteiger partial charge in [-0.3, -0.25) is 4.79 Å². The highest BCUT2D eigenvalue weighted by Crippen LogP contribution is 2.18. The van der Waals surface area contributed by atoms with Gasteiger partial charge in [0.15, 0.2) is 0 Å². The van der Waals surface area contributed by atoms with Crippen LogP contribution in [-0.4, -0.2) is 32.8 Å². The minimum absolute atomic E-state index is 0.0864. The molecule has 4 heteroatoms. The van der Waals surface area contributed by atoms with Gasteiger partial charge in [-0.15, -0.1) is 0 Å². The molecule has 0 aliphatic heterocycles. The van der Waals surface area contributed by atoms with E-state index in [0.717, 1.165) is 5.75 Å². The Kier molecular flexibility index (Phi) is 6.22. The van der Waals surface area contributed by atoms with Gasteiger partial charge in [0.2, 0.25) is 5.91 Å². The summed E-state index contributed by atoms with van der Waals surface area (Å²) < 4.78 is 10.2. The van der Waals surface area contributed by atoms with Gasteiger partial charge in [0, 0.05) is 7.11 Å². The molecule has 0 saturated heterocycles. The van der Waals surface area contributed by atoms with E-state index in [1.165, 1.54) is 12.7 Å². The van der Waals surface area contributed by atoms with Crippen molar-refractivity contribution in [2.75, 3.05) is 26.9 Å². The molecular formula is C14H21NO3. The maximum absolute atomic E-state index is 11.1. The molecule has 1 aromatic rings. The van der Waals surface area contributed by atoms with Gasteiger partial charge in [0.05, 0.1) is 6.54 Å². The summed E-state index contributed by atoms with van der Waals surface area (Å²) in [5.74, 6) is 1.21. The molecule has 0 saturated carbocycles. The number of carbonyl (C=O) groups is 1. The maximum atomic E-state index is 11.1. The molecule has 1 rings (SSSR count). The summed E-state index contributed by atoms with van der Waals surface area (Å²) in [7, 11) is 1.49. The number of benzene rings is 1. The van der Waals surface area contributed by atoms with Crippen LogP contribution in [0.2, 0.25) is 0 Å². The fourth-order valence-electron chi connectivity index (χ4n) is 1.49. The van der Waals surface area contributed by atoms with Gasteiger partial charge in [-0.2, -0.15) is 0 Å². The molecule has 0 spiro atoms. The summed E-state index contributed by atoms with van der Waals surface area (Å²) in [6, 6.07) is 8.02. The lowest BCUT2D eigenvalue weighted by atomic mass is 10.0. The third kappa shape index (κ3) is 5.19. The van der Waals surface area contributed by atoms with Crippen LogP contribution in [0, 0.1) is 0 Å². The van der Waals surface area contributed by atoms with E-state index in [0.29, 0.717) is 19.1 Å². The third-order valence-electron chi connectivity index (χ3n) is 2.52. The van der Waals surface area contributed by atoms with Crippen LogP contribution in [0.25, 0.3) is 0 Å². The Morgan fingerprint density at radius 1 is 1.28 bits per heavy atom. The van der Waals surface area contributed by atoms with Crippen molar-refractivity contribution in [3.63, 3.8) is 0 Å². The first-order chi connectivity index (χ1) is 8.63. The second kappa shape index (κ2) is 7.71. The highest BCUT2D eigenvalue weighted by atomic mass is 16.5. The molecule has 1 aromatic carbocycles. The van der Waals surface area contributed by atoms with Crippen molar-refractivity contribution in [2.24, 2.45) is 0 Å². The van der Waals surface area contributed by atoms with Gasteiger partial charge in [-0.1, -0.05) is 26.0 Å². The van der Waals surface area contributed by atoms with Crippen LogP contribution in [0.3, 0.4) is 0 Å². The van der Waals surface area contributed by atoms with Crippen molar-refractivity contribution in [1.82, 2.24) is 5.32 Å². The molecule has 0 atom stereocenters. The SMILES string of the molecule is COCC(=O)NCCOc1ccc(C(C)C)cc1. The van der Waals surface area contributed by atoms with E-state index in [2.05, 4.69) is 31.3 Å². The Bertz CT molecular complexity index is 360. The quantitative estimate of drug-likeness (QED) is 0.753. The second-order valence-corrected chi connectivity index (χ2v) is 4.36. The summed E-state index contributed by atoms with van der Waals surface area (Å²) >= 11 is 0. The number of amides is 1. The van der Waals surface area contributed by atoms with E-state index in [-0.39, 0.29) is 12.5 Å². The Morgan fingerprint density at radius 2 is 1.94 bits per heavy atom. The first-order valence-electron chi connectivity index (χ1n) is 6.12. The number of methoxy groups -OCH3 is 1. The topological polar surface area (TPSA) is 47.6 Å². The predicted octanol–water partition coefficient (Wildman–Crippen LogP) is 1.95. The van der Waals surface area contributed by atoms with Crippen molar-refractivity contribution >= 4 is 5.91 Å². The lowest BCUT2D eigenvalue weighted by molar-refractivity contribution is -0.124. The molecule has 0 aromatic heterocycles. The van der Waals surface area contributed by atoms with Crippen molar-refractivity contribution in [2.45, 2.75) is 19.8 Å². The van der Waals surface area contributed by atoms with E-state index < -0.39 is 0 Å². The fourth-order valence-corrected chi connectivity index (χ4v) is 1.49. The zero-order valence-corrected chi connectivity index (χ0v) is 11.2. The summed E-state index contributed by atoms with van der Waals surface area (Å²) in [5, 5.41) is 2.69. The second-order valence-electron chi connectivity index (χ2n) is 4.36. The highest BCUT2D eigenvalue weighted by molar-refractivity contribution is 5.77. The molecule has 0 aliphatic rings. The van der Waals surface area contributed by atoms with E-state index in [9.17, 15) is 4.79 Å². The van der Waals surface area contributed by atoms with Crippen molar-refractivity contribution < 1.29 is 14.3 Å². The summed E-state index contributed by atoms with van der Waals surface area (Å²) in [5.41, 5.74) is 1.29. The minimum Gasteiger partial charge on any atom is -0.492 e. The van der Waals surface area contributed by atoms with Crippen LogP contribution in [0.1, 0.15) is 25.3 Å². The van der Waals surface area contributed by atoms with E-state index in [1.54, 1.807) is 0 Å². The highest BCUT2D eigenvalue weighted by Gasteiger charge is 2.01. The molecule has 0 radical (unpaired) electrons. The molecule has 4 nitrogen and oxygen atoms in total. The molecule has 1 amide bonds. The van der Waals surface area contributed by atoms with E-state index >= 15 is 0 Å². The largest absolute Gasteiger partial charge is 0.492 e. The maximum Gasteiger partial charge on any atom is 0.246 e. The van der Waals surface area contributed by atoms with Crippen LogP contribution in [0.4, 0.5) is 0 Å². The van der Waals surface area contributed by atoms with E-state index in [4.69, 9.17) is 9.47 Å². The number of rotatable bonds is 7. The lowest BCUT2D eigenvalue weighted by Gasteiger charge is -2.09. The number of ether oxygens (including phenoxy) is 2. The number of hydrogen-bond acceptors (Lipinski definition) is 3. The number of carbonyl (C=O) groups excluding carboxylic acids is 1. The van der Waals surface area contributed by atoms with Crippen LogP contribution in [0.5, 0.6) is 5.75 Å². The Hall–Kier alpha value is -1.55. The van der Waals surface area contributed by atoms with Crippen LogP contribution in [-0.2, 0) is 9.53 Å². The van der Waals surface area contributed by atoms with Crippen LogP contribution in [0.15, 0.2) is 24.3 Å². The normalized spacial score (nSPS) is 10.4.